The molecule has 0 aliphatic heterocycles. The SMILES string of the molecule is C=Cc1ccc(/C(C#N)=C/c2ccc(N(C)C)cc2)cc1. The summed E-state index contributed by atoms with van der Waals surface area (Å²) in [6.45, 7) is 3.73. The van der Waals surface area contributed by atoms with Gasteiger partial charge in [-0.15, -0.1) is 0 Å². The van der Waals surface area contributed by atoms with Crippen LogP contribution in [0.4, 0.5) is 5.69 Å². The lowest BCUT2D eigenvalue weighted by Gasteiger charge is -2.12. The van der Waals surface area contributed by atoms with Crippen molar-refractivity contribution in [2.45, 2.75) is 0 Å². The van der Waals surface area contributed by atoms with Gasteiger partial charge in [0.25, 0.3) is 0 Å². The van der Waals surface area contributed by atoms with E-state index in [9.17, 15) is 5.26 Å². The summed E-state index contributed by atoms with van der Waals surface area (Å²) in [5, 5.41) is 9.36. The number of allylic oxidation sites excluding steroid dienone is 1. The highest BCUT2D eigenvalue weighted by molar-refractivity contribution is 5.89. The lowest BCUT2D eigenvalue weighted by atomic mass is 10.0. The standard InChI is InChI=1S/C19H18N2/c1-4-15-5-9-17(10-6-15)18(14-20)13-16-7-11-19(12-8-16)21(2)3/h4-13H,1H2,2-3H3/b18-13+. The van der Waals surface area contributed by atoms with Crippen molar-refractivity contribution in [3.05, 3.63) is 71.8 Å². The second-order valence-electron chi connectivity index (χ2n) is 4.98. The van der Waals surface area contributed by atoms with Crippen LogP contribution in [0.2, 0.25) is 0 Å². The second-order valence-corrected chi connectivity index (χ2v) is 4.98. The molecule has 0 heterocycles. The second kappa shape index (κ2) is 6.58. The molecule has 0 saturated heterocycles. The molecule has 2 heteroatoms. The maximum Gasteiger partial charge on any atom is 0.0998 e. The number of anilines is 1. The maximum atomic E-state index is 9.36. The minimum Gasteiger partial charge on any atom is -0.378 e. The Morgan fingerprint density at radius 3 is 2.05 bits per heavy atom. The molecule has 0 bridgehead atoms. The van der Waals surface area contributed by atoms with Crippen molar-refractivity contribution >= 4 is 23.4 Å². The molecule has 0 aliphatic rings. The molecular formula is C19H18N2. The van der Waals surface area contributed by atoms with Crippen molar-refractivity contribution in [1.29, 1.82) is 5.26 Å². The molecule has 0 N–H and O–H groups in total. The Morgan fingerprint density at radius 1 is 1.00 bits per heavy atom. The van der Waals surface area contributed by atoms with Crippen molar-refractivity contribution in [2.75, 3.05) is 19.0 Å². The Labute approximate surface area is 126 Å². The molecule has 0 fully saturated rings. The van der Waals surface area contributed by atoms with Gasteiger partial charge >= 0.3 is 0 Å². The summed E-state index contributed by atoms with van der Waals surface area (Å²) in [5.41, 5.74) is 4.78. The van der Waals surface area contributed by atoms with Gasteiger partial charge in [0.1, 0.15) is 0 Å². The minimum atomic E-state index is 0.656. The summed E-state index contributed by atoms with van der Waals surface area (Å²) in [6, 6.07) is 18.2. The number of nitrogens with zero attached hydrogens (tertiary/aromatic N) is 2. The van der Waals surface area contributed by atoms with Crippen LogP contribution in [-0.2, 0) is 0 Å². The largest absolute Gasteiger partial charge is 0.378 e. The zero-order valence-electron chi connectivity index (χ0n) is 12.4. The van der Waals surface area contributed by atoms with E-state index in [2.05, 4.69) is 12.6 Å². The third kappa shape index (κ3) is 3.61. The van der Waals surface area contributed by atoms with E-state index in [-0.39, 0.29) is 0 Å². The fourth-order valence-electron chi connectivity index (χ4n) is 2.01. The van der Waals surface area contributed by atoms with Gasteiger partial charge in [0, 0.05) is 19.8 Å². The van der Waals surface area contributed by atoms with Gasteiger partial charge in [-0.25, -0.2) is 0 Å². The first-order valence-electron chi connectivity index (χ1n) is 6.76. The van der Waals surface area contributed by atoms with E-state index in [1.807, 2.05) is 73.6 Å². The Hall–Kier alpha value is -2.79. The molecule has 104 valence electrons. The molecular weight excluding hydrogens is 256 g/mol. The van der Waals surface area contributed by atoms with E-state index >= 15 is 0 Å². The van der Waals surface area contributed by atoms with Crippen molar-refractivity contribution in [3.63, 3.8) is 0 Å². The molecule has 2 nitrogen and oxygen atoms in total. The van der Waals surface area contributed by atoms with Gasteiger partial charge in [0.2, 0.25) is 0 Å². The molecule has 2 aromatic rings. The summed E-state index contributed by atoms with van der Waals surface area (Å²) in [5.74, 6) is 0. The van der Waals surface area contributed by atoms with Crippen molar-refractivity contribution in [3.8, 4) is 6.07 Å². The summed E-state index contributed by atoms with van der Waals surface area (Å²) >= 11 is 0. The van der Waals surface area contributed by atoms with Crippen LogP contribution in [0.15, 0.2) is 55.1 Å². The molecule has 0 spiro atoms. The molecule has 0 atom stereocenters. The van der Waals surface area contributed by atoms with Crippen LogP contribution in [0.1, 0.15) is 16.7 Å². The van der Waals surface area contributed by atoms with Crippen LogP contribution >= 0.6 is 0 Å². The van der Waals surface area contributed by atoms with Gasteiger partial charge in [-0.2, -0.15) is 5.26 Å². The van der Waals surface area contributed by atoms with Crippen LogP contribution in [0, 0.1) is 11.3 Å². The molecule has 21 heavy (non-hydrogen) atoms. The van der Waals surface area contributed by atoms with Crippen molar-refractivity contribution in [2.24, 2.45) is 0 Å². The van der Waals surface area contributed by atoms with E-state index in [1.165, 1.54) is 0 Å². The first-order valence-corrected chi connectivity index (χ1v) is 6.76. The van der Waals surface area contributed by atoms with E-state index < -0.39 is 0 Å². The Kier molecular flexibility index (Phi) is 4.58. The van der Waals surface area contributed by atoms with Gasteiger partial charge < -0.3 is 4.90 Å². The highest BCUT2D eigenvalue weighted by Crippen LogP contribution is 2.20. The smallest absolute Gasteiger partial charge is 0.0998 e. The zero-order chi connectivity index (χ0) is 15.2. The number of nitriles is 1. The van der Waals surface area contributed by atoms with Gasteiger partial charge in [0.05, 0.1) is 11.6 Å². The fraction of sp³-hybridized carbons (Fsp3) is 0.105. The van der Waals surface area contributed by atoms with Crippen molar-refractivity contribution < 1.29 is 0 Å². The predicted octanol–water partition coefficient (Wildman–Crippen LogP) is 4.46. The monoisotopic (exact) mass is 274 g/mol. The maximum absolute atomic E-state index is 9.36. The molecule has 2 aromatic carbocycles. The first kappa shape index (κ1) is 14.6. The first-order chi connectivity index (χ1) is 10.1. The van der Waals surface area contributed by atoms with Gasteiger partial charge in [-0.3, -0.25) is 0 Å². The van der Waals surface area contributed by atoms with E-state index in [0.717, 1.165) is 22.4 Å². The predicted molar refractivity (Wildman–Crippen MR) is 90.8 cm³/mol. The van der Waals surface area contributed by atoms with Crippen LogP contribution in [0.5, 0.6) is 0 Å². The van der Waals surface area contributed by atoms with Gasteiger partial charge in [-0.05, 0) is 34.9 Å². The minimum absolute atomic E-state index is 0.656. The Morgan fingerprint density at radius 2 is 1.57 bits per heavy atom. The molecule has 2 rings (SSSR count). The van der Waals surface area contributed by atoms with Gasteiger partial charge in [0.15, 0.2) is 0 Å². The topological polar surface area (TPSA) is 27.0 Å². The lowest BCUT2D eigenvalue weighted by molar-refractivity contribution is 1.13. The third-order valence-electron chi connectivity index (χ3n) is 3.30. The Bertz CT molecular complexity index is 684. The van der Waals surface area contributed by atoms with E-state index in [0.29, 0.717) is 5.57 Å². The molecule has 0 unspecified atom stereocenters. The molecule has 0 aromatic heterocycles. The van der Waals surface area contributed by atoms with Crippen LogP contribution in [0.25, 0.3) is 17.7 Å². The normalized spacial score (nSPS) is 10.8. The molecule has 0 aliphatic carbocycles. The zero-order valence-corrected chi connectivity index (χ0v) is 12.4. The molecule has 0 radical (unpaired) electrons. The summed E-state index contributed by atoms with van der Waals surface area (Å²) in [7, 11) is 4.01. The van der Waals surface area contributed by atoms with Crippen LogP contribution in [0.3, 0.4) is 0 Å². The number of benzene rings is 2. The Balaban J connectivity index is 2.31. The average Bonchev–Trinajstić information content (AvgIpc) is 2.53. The average molecular weight is 274 g/mol. The number of hydrogen-bond donors (Lipinski definition) is 0. The molecule has 0 saturated carbocycles. The summed E-state index contributed by atoms with van der Waals surface area (Å²) < 4.78 is 0. The third-order valence-corrected chi connectivity index (χ3v) is 3.30. The lowest BCUT2D eigenvalue weighted by Crippen LogP contribution is -2.07. The summed E-state index contributed by atoms with van der Waals surface area (Å²) in [4.78, 5) is 2.05. The van der Waals surface area contributed by atoms with Crippen molar-refractivity contribution in [1.82, 2.24) is 0 Å². The van der Waals surface area contributed by atoms with Gasteiger partial charge in [-0.1, -0.05) is 49.1 Å². The highest BCUT2D eigenvalue weighted by atomic mass is 15.1. The quantitative estimate of drug-likeness (QED) is 0.608. The number of rotatable bonds is 4. The van der Waals surface area contributed by atoms with Crippen LogP contribution < -0.4 is 4.90 Å². The summed E-state index contributed by atoms with van der Waals surface area (Å²) in [6.07, 6.45) is 3.70. The van der Waals surface area contributed by atoms with E-state index in [1.54, 1.807) is 6.08 Å². The number of hydrogen-bond acceptors (Lipinski definition) is 2. The van der Waals surface area contributed by atoms with Crippen LogP contribution in [-0.4, -0.2) is 14.1 Å². The molecule has 0 amide bonds. The highest BCUT2D eigenvalue weighted by Gasteiger charge is 2.01. The van der Waals surface area contributed by atoms with E-state index in [4.69, 9.17) is 0 Å². The fourth-order valence-corrected chi connectivity index (χ4v) is 2.01.